The normalized spacial score (nSPS) is 11.0. The molecule has 1 amide bonds. The molecule has 4 aromatic rings. The zero-order valence-corrected chi connectivity index (χ0v) is 13.0. The summed E-state index contributed by atoms with van der Waals surface area (Å²) in [6.45, 7) is 1.75. The van der Waals surface area contributed by atoms with Crippen LogP contribution in [0.1, 0.15) is 16.2 Å². The number of rotatable bonds is 3. The number of nitrogens with one attached hydrogen (secondary N) is 2. The van der Waals surface area contributed by atoms with E-state index in [1.165, 1.54) is 11.3 Å². The number of amides is 1. The highest BCUT2D eigenvalue weighted by Gasteiger charge is 2.17. The fraction of sp³-hybridized carbons (Fsp3) is 0.0625. The highest BCUT2D eigenvalue weighted by Crippen LogP contribution is 2.33. The first-order valence-corrected chi connectivity index (χ1v) is 7.86. The summed E-state index contributed by atoms with van der Waals surface area (Å²) in [7, 11) is 0. The summed E-state index contributed by atoms with van der Waals surface area (Å²) < 4.78 is 5.18. The van der Waals surface area contributed by atoms with Crippen molar-refractivity contribution < 1.29 is 9.32 Å². The number of fused-ring (bicyclic) bond motifs is 1. The Labute approximate surface area is 135 Å². The van der Waals surface area contributed by atoms with Crippen molar-refractivity contribution in [1.82, 2.24) is 15.1 Å². The van der Waals surface area contributed by atoms with Crippen LogP contribution in [0.2, 0.25) is 0 Å². The summed E-state index contributed by atoms with van der Waals surface area (Å²) in [6, 6.07) is 9.51. The van der Waals surface area contributed by atoms with E-state index in [-0.39, 0.29) is 5.91 Å². The molecule has 0 fully saturated rings. The average molecular weight is 324 g/mol. The molecule has 0 saturated carbocycles. The molecule has 0 unspecified atom stereocenters. The first-order chi connectivity index (χ1) is 11.2. The minimum Gasteiger partial charge on any atom is -0.360 e. The van der Waals surface area contributed by atoms with Crippen molar-refractivity contribution in [3.05, 3.63) is 53.3 Å². The van der Waals surface area contributed by atoms with Gasteiger partial charge >= 0.3 is 0 Å². The lowest BCUT2D eigenvalue weighted by molar-refractivity contribution is 0.102. The zero-order chi connectivity index (χ0) is 15.8. The lowest BCUT2D eigenvalue weighted by atomic mass is 10.1. The summed E-state index contributed by atoms with van der Waals surface area (Å²) in [4.78, 5) is 20.6. The largest absolute Gasteiger partial charge is 0.360 e. The highest BCUT2D eigenvalue weighted by atomic mass is 32.1. The molecular formula is C16H12N4O2S. The van der Waals surface area contributed by atoms with E-state index in [0.29, 0.717) is 23.0 Å². The fourth-order valence-electron chi connectivity index (χ4n) is 2.41. The molecule has 4 rings (SSSR count). The first-order valence-electron chi connectivity index (χ1n) is 6.98. The molecule has 1 aromatic carbocycles. The van der Waals surface area contributed by atoms with Gasteiger partial charge in [-0.15, -0.1) is 11.3 Å². The molecular weight excluding hydrogens is 312 g/mol. The average Bonchev–Trinajstić information content (AvgIpc) is 3.25. The van der Waals surface area contributed by atoms with E-state index in [1.54, 1.807) is 13.1 Å². The maximum Gasteiger partial charge on any atom is 0.270 e. The second kappa shape index (κ2) is 5.36. The maximum atomic E-state index is 12.6. The van der Waals surface area contributed by atoms with Gasteiger partial charge in [-0.25, -0.2) is 0 Å². The Morgan fingerprint density at radius 2 is 2.17 bits per heavy atom. The highest BCUT2D eigenvalue weighted by molar-refractivity contribution is 7.14. The SMILES string of the molecule is Cc1noc(-c2sccc2NC(=O)c2c[nH]c3ccccc23)n1. The van der Waals surface area contributed by atoms with Crippen LogP contribution < -0.4 is 5.32 Å². The van der Waals surface area contributed by atoms with Gasteiger partial charge in [-0.2, -0.15) is 4.98 Å². The molecule has 6 nitrogen and oxygen atoms in total. The number of benzene rings is 1. The predicted octanol–water partition coefficient (Wildman–Crippen LogP) is 3.84. The molecule has 114 valence electrons. The van der Waals surface area contributed by atoms with Crippen molar-refractivity contribution in [3.63, 3.8) is 0 Å². The molecule has 3 aromatic heterocycles. The van der Waals surface area contributed by atoms with Crippen LogP contribution in [0.5, 0.6) is 0 Å². The Hall–Kier alpha value is -2.93. The molecule has 0 bridgehead atoms. The lowest BCUT2D eigenvalue weighted by Crippen LogP contribution is -2.11. The van der Waals surface area contributed by atoms with Crippen molar-refractivity contribution in [2.24, 2.45) is 0 Å². The van der Waals surface area contributed by atoms with Gasteiger partial charge < -0.3 is 14.8 Å². The van der Waals surface area contributed by atoms with Crippen molar-refractivity contribution in [3.8, 4) is 10.8 Å². The Kier molecular flexibility index (Phi) is 3.20. The fourth-order valence-corrected chi connectivity index (χ4v) is 3.18. The molecule has 0 aliphatic carbocycles. The maximum absolute atomic E-state index is 12.6. The summed E-state index contributed by atoms with van der Waals surface area (Å²) in [5.41, 5.74) is 2.18. The quantitative estimate of drug-likeness (QED) is 0.599. The van der Waals surface area contributed by atoms with Crippen molar-refractivity contribution in [2.45, 2.75) is 6.92 Å². The molecule has 0 spiro atoms. The summed E-state index contributed by atoms with van der Waals surface area (Å²) in [5.74, 6) is 0.785. The standard InChI is InChI=1S/C16H12N4O2S/c1-9-18-16(22-20-9)14-13(6-7-23-14)19-15(21)11-8-17-12-5-3-2-4-10(11)12/h2-8,17H,1H3,(H,19,21). The third-order valence-corrected chi connectivity index (χ3v) is 4.37. The molecule has 2 N–H and O–H groups in total. The van der Waals surface area contributed by atoms with Gasteiger partial charge in [-0.3, -0.25) is 4.79 Å². The van der Waals surface area contributed by atoms with Gasteiger partial charge in [-0.1, -0.05) is 23.4 Å². The topological polar surface area (TPSA) is 83.8 Å². The minimum absolute atomic E-state index is 0.182. The van der Waals surface area contributed by atoms with E-state index in [1.807, 2.05) is 35.7 Å². The number of aryl methyl sites for hydroxylation is 1. The predicted molar refractivity (Wildman–Crippen MR) is 88.6 cm³/mol. The molecule has 0 radical (unpaired) electrons. The summed E-state index contributed by atoms with van der Waals surface area (Å²) >= 11 is 1.44. The van der Waals surface area contributed by atoms with Crippen LogP contribution in [0.4, 0.5) is 5.69 Å². The Morgan fingerprint density at radius 1 is 1.30 bits per heavy atom. The van der Waals surface area contributed by atoms with E-state index < -0.39 is 0 Å². The Balaban J connectivity index is 1.66. The van der Waals surface area contributed by atoms with Crippen LogP contribution in [0.25, 0.3) is 21.7 Å². The van der Waals surface area contributed by atoms with Crippen molar-refractivity contribution in [1.29, 1.82) is 0 Å². The molecule has 7 heteroatoms. The van der Waals surface area contributed by atoms with Crippen LogP contribution in [0.3, 0.4) is 0 Å². The Morgan fingerprint density at radius 3 is 3.00 bits per heavy atom. The first kappa shape index (κ1) is 13.7. The number of nitrogens with zero attached hydrogens (tertiary/aromatic N) is 2. The van der Waals surface area contributed by atoms with Gasteiger partial charge in [0.15, 0.2) is 5.82 Å². The summed E-state index contributed by atoms with van der Waals surface area (Å²) in [6.07, 6.45) is 1.71. The number of carbonyl (C=O) groups is 1. The number of aromatic nitrogens is 3. The monoisotopic (exact) mass is 324 g/mol. The van der Waals surface area contributed by atoms with Crippen LogP contribution in [-0.4, -0.2) is 21.0 Å². The van der Waals surface area contributed by atoms with E-state index >= 15 is 0 Å². The number of thiophene rings is 1. The van der Waals surface area contributed by atoms with E-state index in [4.69, 9.17) is 4.52 Å². The zero-order valence-electron chi connectivity index (χ0n) is 12.2. The van der Waals surface area contributed by atoms with Crippen molar-refractivity contribution in [2.75, 3.05) is 5.32 Å². The molecule has 23 heavy (non-hydrogen) atoms. The number of anilines is 1. The number of H-pyrrole nitrogens is 1. The molecule has 3 heterocycles. The van der Waals surface area contributed by atoms with Gasteiger partial charge in [0.1, 0.15) is 4.88 Å². The van der Waals surface area contributed by atoms with E-state index in [2.05, 4.69) is 20.4 Å². The van der Waals surface area contributed by atoms with Crippen molar-refractivity contribution >= 4 is 33.8 Å². The minimum atomic E-state index is -0.182. The van der Waals surface area contributed by atoms with Gasteiger partial charge in [0.25, 0.3) is 11.8 Å². The van der Waals surface area contributed by atoms with E-state index in [9.17, 15) is 4.79 Å². The van der Waals surface area contributed by atoms with Gasteiger partial charge in [0.05, 0.1) is 11.3 Å². The second-order valence-electron chi connectivity index (χ2n) is 5.01. The molecule has 0 aliphatic rings. The Bertz CT molecular complexity index is 998. The number of aromatic amines is 1. The van der Waals surface area contributed by atoms with Gasteiger partial charge in [0.2, 0.25) is 0 Å². The molecule has 0 aliphatic heterocycles. The second-order valence-corrected chi connectivity index (χ2v) is 5.93. The van der Waals surface area contributed by atoms with Crippen LogP contribution in [0.15, 0.2) is 46.4 Å². The van der Waals surface area contributed by atoms with Gasteiger partial charge in [-0.05, 0) is 24.4 Å². The van der Waals surface area contributed by atoms with E-state index in [0.717, 1.165) is 15.8 Å². The smallest absolute Gasteiger partial charge is 0.270 e. The number of hydrogen-bond donors (Lipinski definition) is 2. The number of carbonyl (C=O) groups excluding carboxylic acids is 1. The molecule has 0 saturated heterocycles. The third-order valence-electron chi connectivity index (χ3n) is 3.47. The van der Waals surface area contributed by atoms with Crippen LogP contribution in [-0.2, 0) is 0 Å². The number of para-hydroxylation sites is 1. The third kappa shape index (κ3) is 2.40. The van der Waals surface area contributed by atoms with Crippen LogP contribution in [0, 0.1) is 6.92 Å². The lowest BCUT2D eigenvalue weighted by Gasteiger charge is -2.03. The molecule has 0 atom stereocenters. The van der Waals surface area contributed by atoms with Gasteiger partial charge in [0, 0.05) is 17.1 Å². The summed E-state index contributed by atoms with van der Waals surface area (Å²) in [5, 5.41) is 9.46. The van der Waals surface area contributed by atoms with Crippen LogP contribution >= 0.6 is 11.3 Å². The number of hydrogen-bond acceptors (Lipinski definition) is 5.